The fourth-order valence-corrected chi connectivity index (χ4v) is 4.54. The van der Waals surface area contributed by atoms with Gasteiger partial charge in [-0.25, -0.2) is 4.98 Å². The van der Waals surface area contributed by atoms with Crippen LogP contribution in [0.4, 0.5) is 5.69 Å². The third kappa shape index (κ3) is 5.37. The molecule has 31 heavy (non-hydrogen) atoms. The summed E-state index contributed by atoms with van der Waals surface area (Å²) in [6.07, 6.45) is 6.67. The molecule has 1 saturated carbocycles. The fourth-order valence-electron chi connectivity index (χ4n) is 3.57. The molecule has 0 radical (unpaired) electrons. The molecule has 0 saturated heterocycles. The maximum atomic E-state index is 12.3. The van der Waals surface area contributed by atoms with Gasteiger partial charge in [-0.1, -0.05) is 23.4 Å². The van der Waals surface area contributed by atoms with E-state index in [2.05, 4.69) is 20.5 Å². The van der Waals surface area contributed by atoms with Crippen molar-refractivity contribution in [3.05, 3.63) is 47.7 Å². The van der Waals surface area contributed by atoms with E-state index in [1.54, 1.807) is 18.3 Å². The minimum Gasteiger partial charge on any atom is -0.490 e. The first-order chi connectivity index (χ1) is 15.1. The first kappa shape index (κ1) is 21.6. The third-order valence-corrected chi connectivity index (χ3v) is 6.38. The molecule has 0 atom stereocenters. The lowest BCUT2D eigenvalue weighted by Gasteiger charge is -2.13. The van der Waals surface area contributed by atoms with Crippen LogP contribution in [0.1, 0.15) is 32.6 Å². The predicted octanol–water partition coefficient (Wildman–Crippen LogP) is 5.07. The van der Waals surface area contributed by atoms with E-state index >= 15 is 0 Å². The molecule has 3 aromatic rings. The predicted molar refractivity (Wildman–Crippen MR) is 123 cm³/mol. The Kier molecular flexibility index (Phi) is 7.09. The Morgan fingerprint density at radius 2 is 2.00 bits per heavy atom. The van der Waals surface area contributed by atoms with Crippen LogP contribution in [0.15, 0.2) is 47.8 Å². The standard InChI is InChI=1S/C22H24ClN5O2S/c1-2-28-21(15-9-11-17(12-10-15)30-16-6-3-4-7-16)26-27-22(28)31-14-19(29)25-18-8-5-13-24-20(18)23/h5,8-13,16H,2-4,6-7,14H2,1H3,(H,25,29). The number of rotatable bonds is 8. The molecule has 0 unspecified atom stereocenters. The van der Waals surface area contributed by atoms with Crippen molar-refractivity contribution < 1.29 is 9.53 Å². The summed E-state index contributed by atoms with van der Waals surface area (Å²) in [5.74, 6) is 1.67. The summed E-state index contributed by atoms with van der Waals surface area (Å²) in [6, 6.07) is 11.4. The molecule has 0 aliphatic heterocycles. The second-order valence-electron chi connectivity index (χ2n) is 7.28. The number of pyridine rings is 1. The number of benzene rings is 1. The molecule has 0 bridgehead atoms. The minimum absolute atomic E-state index is 0.180. The quantitative estimate of drug-likeness (QED) is 0.376. The molecule has 7 nitrogen and oxygen atoms in total. The van der Waals surface area contributed by atoms with Gasteiger partial charge in [0.25, 0.3) is 0 Å². The van der Waals surface area contributed by atoms with E-state index in [0.717, 1.165) is 30.0 Å². The second-order valence-corrected chi connectivity index (χ2v) is 8.58. The van der Waals surface area contributed by atoms with Crippen molar-refractivity contribution in [3.63, 3.8) is 0 Å². The van der Waals surface area contributed by atoms with Gasteiger partial charge >= 0.3 is 0 Å². The van der Waals surface area contributed by atoms with Crippen molar-refractivity contribution in [1.82, 2.24) is 19.7 Å². The van der Waals surface area contributed by atoms with Gasteiger partial charge in [0.2, 0.25) is 5.91 Å². The van der Waals surface area contributed by atoms with E-state index < -0.39 is 0 Å². The number of nitrogens with one attached hydrogen (secondary N) is 1. The smallest absolute Gasteiger partial charge is 0.234 e. The zero-order valence-electron chi connectivity index (χ0n) is 17.3. The molecule has 1 aliphatic rings. The van der Waals surface area contributed by atoms with Gasteiger partial charge in [0.1, 0.15) is 5.75 Å². The summed E-state index contributed by atoms with van der Waals surface area (Å²) in [5, 5.41) is 12.4. The van der Waals surface area contributed by atoms with E-state index in [1.807, 2.05) is 35.8 Å². The highest BCUT2D eigenvalue weighted by atomic mass is 35.5. The third-order valence-electron chi connectivity index (χ3n) is 5.12. The number of hydrogen-bond donors (Lipinski definition) is 1. The van der Waals surface area contributed by atoms with Gasteiger partial charge in [-0.2, -0.15) is 0 Å². The molecular weight excluding hydrogens is 434 g/mol. The molecule has 1 fully saturated rings. The van der Waals surface area contributed by atoms with Crippen molar-refractivity contribution in [1.29, 1.82) is 0 Å². The maximum absolute atomic E-state index is 12.3. The molecule has 1 N–H and O–H groups in total. The highest BCUT2D eigenvalue weighted by Crippen LogP contribution is 2.28. The van der Waals surface area contributed by atoms with Crippen LogP contribution >= 0.6 is 23.4 Å². The lowest BCUT2D eigenvalue weighted by molar-refractivity contribution is -0.113. The molecule has 1 aromatic carbocycles. The summed E-state index contributed by atoms with van der Waals surface area (Å²) >= 11 is 7.33. The van der Waals surface area contributed by atoms with E-state index in [0.29, 0.717) is 23.5 Å². The number of carbonyl (C=O) groups is 1. The number of hydrogen-bond acceptors (Lipinski definition) is 6. The fraction of sp³-hybridized carbons (Fsp3) is 0.364. The number of carbonyl (C=O) groups excluding carboxylic acids is 1. The molecule has 0 spiro atoms. The Bertz CT molecular complexity index is 1030. The summed E-state index contributed by atoms with van der Waals surface area (Å²) in [7, 11) is 0. The Labute approximate surface area is 190 Å². The highest BCUT2D eigenvalue weighted by Gasteiger charge is 2.18. The van der Waals surface area contributed by atoms with Gasteiger partial charge < -0.3 is 14.6 Å². The molecule has 1 aliphatic carbocycles. The van der Waals surface area contributed by atoms with Gasteiger partial charge in [-0.3, -0.25) is 4.79 Å². The van der Waals surface area contributed by atoms with Crippen LogP contribution in [0.3, 0.4) is 0 Å². The van der Waals surface area contributed by atoms with Crippen LogP contribution in [0.5, 0.6) is 5.75 Å². The van der Waals surface area contributed by atoms with Gasteiger partial charge in [-0.15, -0.1) is 10.2 Å². The largest absolute Gasteiger partial charge is 0.490 e. The lowest BCUT2D eigenvalue weighted by Crippen LogP contribution is -2.15. The average molecular weight is 458 g/mol. The summed E-state index contributed by atoms with van der Waals surface area (Å²) in [4.78, 5) is 16.3. The van der Waals surface area contributed by atoms with E-state index in [4.69, 9.17) is 16.3 Å². The van der Waals surface area contributed by atoms with Crippen molar-refractivity contribution >= 4 is 35.0 Å². The zero-order valence-corrected chi connectivity index (χ0v) is 18.8. The minimum atomic E-state index is -0.180. The van der Waals surface area contributed by atoms with Crippen molar-refractivity contribution in [2.45, 2.75) is 50.4 Å². The van der Waals surface area contributed by atoms with Crippen molar-refractivity contribution in [3.8, 4) is 17.1 Å². The molecular formula is C22H24ClN5O2S. The normalized spacial score (nSPS) is 14.0. The topological polar surface area (TPSA) is 81.9 Å². The van der Waals surface area contributed by atoms with Crippen LogP contribution in [0, 0.1) is 0 Å². The lowest BCUT2D eigenvalue weighted by atomic mass is 10.2. The van der Waals surface area contributed by atoms with E-state index in [1.165, 1.54) is 24.6 Å². The van der Waals surface area contributed by atoms with Crippen molar-refractivity contribution in [2.24, 2.45) is 0 Å². The number of ether oxygens (including phenoxy) is 1. The van der Waals surface area contributed by atoms with Gasteiger partial charge in [0.05, 0.1) is 17.5 Å². The Morgan fingerprint density at radius 3 is 2.71 bits per heavy atom. The van der Waals surface area contributed by atoms with Crippen LogP contribution in [-0.2, 0) is 11.3 Å². The van der Waals surface area contributed by atoms with Crippen molar-refractivity contribution in [2.75, 3.05) is 11.1 Å². The van der Waals surface area contributed by atoms with Crippen LogP contribution in [0.2, 0.25) is 5.15 Å². The average Bonchev–Trinajstić information content (AvgIpc) is 3.44. The summed E-state index contributed by atoms with van der Waals surface area (Å²) in [6.45, 7) is 2.73. The highest BCUT2D eigenvalue weighted by molar-refractivity contribution is 7.99. The molecule has 4 rings (SSSR count). The van der Waals surface area contributed by atoms with Gasteiger partial charge in [-0.05, 0) is 69.0 Å². The second kappa shape index (κ2) is 10.2. The first-order valence-corrected chi connectivity index (χ1v) is 11.7. The molecule has 9 heteroatoms. The maximum Gasteiger partial charge on any atom is 0.234 e. The molecule has 162 valence electrons. The van der Waals surface area contributed by atoms with E-state index in [9.17, 15) is 4.79 Å². The van der Waals surface area contributed by atoms with Crippen LogP contribution in [0.25, 0.3) is 11.4 Å². The van der Waals surface area contributed by atoms with E-state index in [-0.39, 0.29) is 16.8 Å². The summed E-state index contributed by atoms with van der Waals surface area (Å²) < 4.78 is 8.05. The Hall–Kier alpha value is -2.58. The summed E-state index contributed by atoms with van der Waals surface area (Å²) in [5.41, 5.74) is 1.46. The van der Waals surface area contributed by atoms with Gasteiger partial charge in [0, 0.05) is 18.3 Å². The molecule has 2 aromatic heterocycles. The Morgan fingerprint density at radius 1 is 1.23 bits per heavy atom. The Balaban J connectivity index is 1.40. The number of halogens is 1. The number of anilines is 1. The number of thioether (sulfide) groups is 1. The first-order valence-electron chi connectivity index (χ1n) is 10.4. The van der Waals surface area contributed by atoms with Gasteiger partial charge in [0.15, 0.2) is 16.1 Å². The SMILES string of the molecule is CCn1c(SCC(=O)Nc2cccnc2Cl)nnc1-c1ccc(OC2CCCC2)cc1. The zero-order chi connectivity index (χ0) is 21.6. The molecule has 2 heterocycles. The number of amides is 1. The number of nitrogens with zero attached hydrogens (tertiary/aromatic N) is 4. The monoisotopic (exact) mass is 457 g/mol. The van der Waals surface area contributed by atoms with Crippen LogP contribution in [-0.4, -0.2) is 37.5 Å². The van der Waals surface area contributed by atoms with Crippen LogP contribution < -0.4 is 10.1 Å². The number of aromatic nitrogens is 4. The molecule has 1 amide bonds.